The summed E-state index contributed by atoms with van der Waals surface area (Å²) in [6, 6.07) is 1.72. The molecule has 1 aliphatic carbocycles. The predicted molar refractivity (Wildman–Crippen MR) is 67.6 cm³/mol. The highest BCUT2D eigenvalue weighted by Gasteiger charge is 2.24. The number of rotatable bonds is 4. The molecule has 0 radical (unpaired) electrons. The molecular formula is C11H17NO3S2. The third-order valence-corrected chi connectivity index (χ3v) is 6.30. The Hall–Kier alpha value is -0.430. The average molecular weight is 275 g/mol. The van der Waals surface area contributed by atoms with Gasteiger partial charge in [0, 0.05) is 10.9 Å². The smallest absolute Gasteiger partial charge is 0.250 e. The fraction of sp³-hybridized carbons (Fsp3) is 0.636. The first-order valence-electron chi connectivity index (χ1n) is 5.75. The van der Waals surface area contributed by atoms with Gasteiger partial charge >= 0.3 is 0 Å². The minimum Gasteiger partial charge on any atom is -0.391 e. The Balaban J connectivity index is 2.18. The second-order valence-electron chi connectivity index (χ2n) is 4.43. The van der Waals surface area contributed by atoms with Crippen molar-refractivity contribution in [2.24, 2.45) is 0 Å². The molecule has 0 amide bonds. The molecule has 1 aromatic heterocycles. The van der Waals surface area contributed by atoms with Crippen LogP contribution in [0.3, 0.4) is 0 Å². The van der Waals surface area contributed by atoms with E-state index in [9.17, 15) is 8.42 Å². The maximum absolute atomic E-state index is 12.1. The highest BCUT2D eigenvalue weighted by atomic mass is 32.2. The number of sulfonamides is 1. The van der Waals surface area contributed by atoms with Crippen molar-refractivity contribution < 1.29 is 13.5 Å². The first kappa shape index (κ1) is 13.0. The molecular weight excluding hydrogens is 258 g/mol. The van der Waals surface area contributed by atoms with Gasteiger partial charge in [-0.2, -0.15) is 0 Å². The number of thiophene rings is 1. The molecule has 0 bridgehead atoms. The summed E-state index contributed by atoms with van der Waals surface area (Å²) in [5.41, 5.74) is 0.837. The van der Waals surface area contributed by atoms with Crippen molar-refractivity contribution in [1.29, 1.82) is 0 Å². The fourth-order valence-electron chi connectivity index (χ4n) is 2.10. The summed E-state index contributed by atoms with van der Waals surface area (Å²) in [4.78, 5) is 0.719. The lowest BCUT2D eigenvalue weighted by molar-refractivity contribution is 0.285. The van der Waals surface area contributed by atoms with E-state index in [1.54, 1.807) is 6.07 Å². The quantitative estimate of drug-likeness (QED) is 0.880. The van der Waals surface area contributed by atoms with Crippen molar-refractivity contribution >= 4 is 21.4 Å². The molecule has 1 heterocycles. The second kappa shape index (κ2) is 5.06. The number of hydrogen-bond donors (Lipinski definition) is 2. The Morgan fingerprint density at radius 2 is 2.12 bits per heavy atom. The zero-order valence-corrected chi connectivity index (χ0v) is 11.4. The number of nitrogens with one attached hydrogen (secondary N) is 1. The van der Waals surface area contributed by atoms with Crippen molar-refractivity contribution in [3.05, 3.63) is 16.5 Å². The zero-order chi connectivity index (χ0) is 12.5. The van der Waals surface area contributed by atoms with Crippen LogP contribution < -0.4 is 4.72 Å². The Bertz CT molecular complexity index is 487. The van der Waals surface area contributed by atoms with Crippen LogP contribution >= 0.6 is 11.3 Å². The van der Waals surface area contributed by atoms with Crippen LogP contribution in [0.5, 0.6) is 0 Å². The van der Waals surface area contributed by atoms with Crippen LogP contribution in [0.4, 0.5) is 0 Å². The largest absolute Gasteiger partial charge is 0.391 e. The normalized spacial score (nSPS) is 17.8. The number of aryl methyl sites for hydroxylation is 1. The van der Waals surface area contributed by atoms with Crippen molar-refractivity contribution in [2.75, 3.05) is 0 Å². The van der Waals surface area contributed by atoms with Gasteiger partial charge in [0.1, 0.15) is 4.21 Å². The molecule has 1 fully saturated rings. The topological polar surface area (TPSA) is 66.4 Å². The van der Waals surface area contributed by atoms with Crippen LogP contribution in [0.2, 0.25) is 0 Å². The minimum absolute atomic E-state index is 0.0833. The van der Waals surface area contributed by atoms with Crippen LogP contribution in [0.1, 0.15) is 36.1 Å². The Kier molecular flexibility index (Phi) is 3.87. The lowest BCUT2D eigenvalue weighted by atomic mass is 10.3. The van der Waals surface area contributed by atoms with Gasteiger partial charge in [0.15, 0.2) is 0 Å². The van der Waals surface area contributed by atoms with E-state index in [4.69, 9.17) is 5.11 Å². The molecule has 1 saturated carbocycles. The van der Waals surface area contributed by atoms with Crippen LogP contribution in [-0.4, -0.2) is 19.6 Å². The summed E-state index contributed by atoms with van der Waals surface area (Å²) in [7, 11) is -3.40. The van der Waals surface area contributed by atoms with Crippen LogP contribution in [0, 0.1) is 6.92 Å². The van der Waals surface area contributed by atoms with E-state index in [2.05, 4.69) is 4.72 Å². The van der Waals surface area contributed by atoms with Gasteiger partial charge in [-0.15, -0.1) is 11.3 Å². The van der Waals surface area contributed by atoms with Crippen LogP contribution in [0.15, 0.2) is 10.3 Å². The number of hydrogen-bond acceptors (Lipinski definition) is 4. The van der Waals surface area contributed by atoms with Gasteiger partial charge in [-0.05, 0) is 31.4 Å². The molecule has 0 atom stereocenters. The number of aliphatic hydroxyl groups excluding tert-OH is 1. The predicted octanol–water partition coefficient (Wildman–Crippen LogP) is 1.77. The molecule has 1 aromatic rings. The maximum Gasteiger partial charge on any atom is 0.250 e. The second-order valence-corrected chi connectivity index (χ2v) is 7.51. The lowest BCUT2D eigenvalue weighted by Gasteiger charge is -2.10. The monoisotopic (exact) mass is 275 g/mol. The Morgan fingerprint density at radius 3 is 2.65 bits per heavy atom. The van der Waals surface area contributed by atoms with Gasteiger partial charge in [0.05, 0.1) is 6.61 Å². The summed E-state index contributed by atoms with van der Waals surface area (Å²) < 4.78 is 27.2. The highest BCUT2D eigenvalue weighted by Crippen LogP contribution is 2.27. The molecule has 0 aromatic carbocycles. The Labute approximate surface area is 106 Å². The molecule has 1 aliphatic rings. The van der Waals surface area contributed by atoms with E-state index in [1.165, 1.54) is 0 Å². The van der Waals surface area contributed by atoms with E-state index in [0.717, 1.165) is 47.5 Å². The maximum atomic E-state index is 12.1. The molecule has 96 valence electrons. The minimum atomic E-state index is -3.40. The van der Waals surface area contributed by atoms with E-state index < -0.39 is 10.0 Å². The van der Waals surface area contributed by atoms with Gasteiger partial charge in [0.25, 0.3) is 0 Å². The van der Waals surface area contributed by atoms with Crippen LogP contribution in [-0.2, 0) is 16.6 Å². The van der Waals surface area contributed by atoms with Crippen molar-refractivity contribution in [2.45, 2.75) is 49.5 Å². The number of aliphatic hydroxyl groups is 1. The summed E-state index contributed by atoms with van der Waals surface area (Å²) in [6.45, 7) is 1.71. The molecule has 4 nitrogen and oxygen atoms in total. The standard InChI is InChI=1S/C11H17NO3S2/c1-8-6-11(16-10(8)7-13)17(14,15)12-9-4-2-3-5-9/h6,9,12-13H,2-5,7H2,1H3. The molecule has 6 heteroatoms. The summed E-state index contributed by atoms with van der Waals surface area (Å²) in [5, 5.41) is 9.08. The highest BCUT2D eigenvalue weighted by molar-refractivity contribution is 7.91. The fourth-order valence-corrected chi connectivity index (χ4v) is 4.87. The van der Waals surface area contributed by atoms with Crippen LogP contribution in [0.25, 0.3) is 0 Å². The molecule has 2 N–H and O–H groups in total. The summed E-state index contributed by atoms with van der Waals surface area (Å²) >= 11 is 1.15. The van der Waals surface area contributed by atoms with E-state index in [0.29, 0.717) is 4.21 Å². The molecule has 0 spiro atoms. The molecule has 2 rings (SSSR count). The average Bonchev–Trinajstić information content (AvgIpc) is 2.87. The van der Waals surface area contributed by atoms with Gasteiger partial charge in [-0.25, -0.2) is 13.1 Å². The molecule has 0 saturated heterocycles. The van der Waals surface area contributed by atoms with Gasteiger partial charge < -0.3 is 5.11 Å². The molecule has 0 aliphatic heterocycles. The van der Waals surface area contributed by atoms with E-state index >= 15 is 0 Å². The third-order valence-electron chi connectivity index (χ3n) is 3.08. The van der Waals surface area contributed by atoms with Crippen molar-refractivity contribution in [3.63, 3.8) is 0 Å². The van der Waals surface area contributed by atoms with Gasteiger partial charge in [0.2, 0.25) is 10.0 Å². The SMILES string of the molecule is Cc1cc(S(=O)(=O)NC2CCCC2)sc1CO. The first-order valence-corrected chi connectivity index (χ1v) is 8.05. The zero-order valence-electron chi connectivity index (χ0n) is 9.77. The first-order chi connectivity index (χ1) is 8.03. The molecule has 0 unspecified atom stereocenters. The van der Waals surface area contributed by atoms with E-state index in [-0.39, 0.29) is 12.6 Å². The Morgan fingerprint density at radius 1 is 1.47 bits per heavy atom. The van der Waals surface area contributed by atoms with Gasteiger partial charge in [-0.3, -0.25) is 0 Å². The third kappa shape index (κ3) is 2.88. The van der Waals surface area contributed by atoms with Gasteiger partial charge in [-0.1, -0.05) is 12.8 Å². The van der Waals surface area contributed by atoms with Crippen molar-refractivity contribution in [1.82, 2.24) is 4.72 Å². The molecule has 17 heavy (non-hydrogen) atoms. The lowest BCUT2D eigenvalue weighted by Crippen LogP contribution is -2.32. The summed E-state index contributed by atoms with van der Waals surface area (Å²) in [5.74, 6) is 0. The van der Waals surface area contributed by atoms with E-state index in [1.807, 2.05) is 6.92 Å². The summed E-state index contributed by atoms with van der Waals surface area (Å²) in [6.07, 6.45) is 4.05. The van der Waals surface area contributed by atoms with Crippen molar-refractivity contribution in [3.8, 4) is 0 Å².